The molecule has 0 aliphatic carbocycles. The predicted octanol–water partition coefficient (Wildman–Crippen LogP) is 5.04. The molecule has 0 radical (unpaired) electrons. The number of carbonyl (C=O) groups is 2. The maximum absolute atomic E-state index is 11.6. The maximum Gasteiger partial charge on any atom is 0.306 e. The van der Waals surface area contributed by atoms with Gasteiger partial charge in [0.1, 0.15) is 0 Å². The zero-order chi connectivity index (χ0) is 17.5. The molecule has 1 atom stereocenters. The third-order valence-corrected chi connectivity index (χ3v) is 3.68. The van der Waals surface area contributed by atoms with Gasteiger partial charge in [-0.1, -0.05) is 59.3 Å². The van der Waals surface area contributed by atoms with Crippen LogP contribution >= 0.6 is 0 Å². The average Bonchev–Trinajstić information content (AvgIpc) is 2.47. The first-order valence-electron chi connectivity index (χ1n) is 9.30. The molecular weight excluding hydrogens is 292 g/mol. The van der Waals surface area contributed by atoms with E-state index in [1.165, 1.54) is 32.1 Å². The van der Waals surface area contributed by atoms with Crippen LogP contribution in [0.15, 0.2) is 0 Å². The topological polar surface area (TPSA) is 52.6 Å². The zero-order valence-corrected chi connectivity index (χ0v) is 15.6. The van der Waals surface area contributed by atoms with Crippen LogP contribution in [0.4, 0.5) is 0 Å². The smallest absolute Gasteiger partial charge is 0.306 e. The Bertz CT molecular complexity index is 312. The number of esters is 2. The van der Waals surface area contributed by atoms with E-state index in [1.54, 1.807) is 0 Å². The van der Waals surface area contributed by atoms with Crippen molar-refractivity contribution in [3.05, 3.63) is 0 Å². The van der Waals surface area contributed by atoms with Crippen LogP contribution in [0.25, 0.3) is 0 Å². The van der Waals surface area contributed by atoms with E-state index in [2.05, 4.69) is 20.8 Å². The number of unbranched alkanes of at least 4 members (excludes halogenated alkanes) is 6. The fourth-order valence-corrected chi connectivity index (χ4v) is 2.52. The Morgan fingerprint density at radius 3 is 2.00 bits per heavy atom. The largest absolute Gasteiger partial charge is 0.466 e. The first kappa shape index (κ1) is 21.9. The van der Waals surface area contributed by atoms with Crippen molar-refractivity contribution in [2.24, 2.45) is 5.92 Å². The van der Waals surface area contributed by atoms with Gasteiger partial charge in [-0.2, -0.15) is 0 Å². The van der Waals surface area contributed by atoms with E-state index in [9.17, 15) is 9.59 Å². The molecule has 0 saturated carbocycles. The molecule has 0 aliphatic rings. The highest BCUT2D eigenvalue weighted by Gasteiger charge is 2.13. The Kier molecular flexibility index (Phi) is 13.9. The summed E-state index contributed by atoms with van der Waals surface area (Å²) >= 11 is 0. The monoisotopic (exact) mass is 328 g/mol. The van der Waals surface area contributed by atoms with Gasteiger partial charge in [0.15, 0.2) is 0 Å². The van der Waals surface area contributed by atoms with E-state index >= 15 is 0 Å². The molecule has 0 N–H and O–H groups in total. The summed E-state index contributed by atoms with van der Waals surface area (Å²) < 4.78 is 10.4. The summed E-state index contributed by atoms with van der Waals surface area (Å²) in [6, 6.07) is 0. The second-order valence-corrected chi connectivity index (χ2v) is 6.77. The lowest BCUT2D eigenvalue weighted by Gasteiger charge is -2.15. The van der Waals surface area contributed by atoms with Crippen molar-refractivity contribution in [3.63, 3.8) is 0 Å². The van der Waals surface area contributed by atoms with Gasteiger partial charge in [0.05, 0.1) is 25.6 Å². The molecule has 0 heterocycles. The van der Waals surface area contributed by atoms with Crippen LogP contribution in [-0.4, -0.2) is 24.6 Å². The van der Waals surface area contributed by atoms with Crippen LogP contribution in [0.2, 0.25) is 0 Å². The Hall–Kier alpha value is -1.06. The van der Waals surface area contributed by atoms with Crippen LogP contribution in [-0.2, 0) is 19.1 Å². The van der Waals surface area contributed by atoms with Crippen molar-refractivity contribution in [1.29, 1.82) is 0 Å². The minimum atomic E-state index is -0.314. The molecule has 0 aromatic heterocycles. The fraction of sp³-hybridized carbons (Fsp3) is 0.895. The van der Waals surface area contributed by atoms with Crippen LogP contribution in [0.1, 0.15) is 91.9 Å². The highest BCUT2D eigenvalue weighted by molar-refractivity contribution is 5.77. The predicted molar refractivity (Wildman–Crippen MR) is 93.2 cm³/mol. The van der Waals surface area contributed by atoms with Gasteiger partial charge in [-0.15, -0.1) is 0 Å². The Morgan fingerprint density at radius 1 is 0.826 bits per heavy atom. The van der Waals surface area contributed by atoms with Crippen molar-refractivity contribution in [2.45, 2.75) is 98.0 Å². The molecule has 1 unspecified atom stereocenters. The lowest BCUT2D eigenvalue weighted by atomic mass is 10.1. The molecule has 0 saturated heterocycles. The van der Waals surface area contributed by atoms with E-state index in [1.807, 2.05) is 6.92 Å². The molecule has 0 aliphatic heterocycles. The normalized spacial score (nSPS) is 12.2. The maximum atomic E-state index is 11.6. The van der Waals surface area contributed by atoms with Gasteiger partial charge in [0, 0.05) is 0 Å². The van der Waals surface area contributed by atoms with E-state index < -0.39 is 0 Å². The van der Waals surface area contributed by atoms with Crippen LogP contribution in [0.3, 0.4) is 0 Å². The third kappa shape index (κ3) is 15.6. The molecule has 4 nitrogen and oxygen atoms in total. The molecule has 0 aromatic carbocycles. The van der Waals surface area contributed by atoms with Crippen molar-refractivity contribution >= 4 is 11.9 Å². The first-order valence-corrected chi connectivity index (χ1v) is 9.30. The van der Waals surface area contributed by atoms with Gasteiger partial charge in [-0.05, 0) is 25.7 Å². The first-order chi connectivity index (χ1) is 11.0. The SMILES string of the molecule is CCCCCCCCCOC(=O)CCC(=O)OC(C)CC(C)C. The van der Waals surface area contributed by atoms with Crippen LogP contribution < -0.4 is 0 Å². The number of carbonyl (C=O) groups excluding carboxylic acids is 2. The molecule has 0 spiro atoms. The number of ether oxygens (including phenoxy) is 2. The summed E-state index contributed by atoms with van der Waals surface area (Å²) in [5, 5.41) is 0. The third-order valence-electron chi connectivity index (χ3n) is 3.68. The Morgan fingerprint density at radius 2 is 1.39 bits per heavy atom. The van der Waals surface area contributed by atoms with Crippen molar-refractivity contribution < 1.29 is 19.1 Å². The number of hydrogen-bond acceptors (Lipinski definition) is 4. The second-order valence-electron chi connectivity index (χ2n) is 6.77. The lowest BCUT2D eigenvalue weighted by Crippen LogP contribution is -2.18. The fourth-order valence-electron chi connectivity index (χ4n) is 2.52. The standard InChI is InChI=1S/C19H36O4/c1-5-6-7-8-9-10-11-14-22-18(20)12-13-19(21)23-17(4)15-16(2)3/h16-17H,5-15H2,1-4H3. The van der Waals surface area contributed by atoms with Gasteiger partial charge in [0.2, 0.25) is 0 Å². The summed E-state index contributed by atoms with van der Waals surface area (Å²) in [5.41, 5.74) is 0. The zero-order valence-electron chi connectivity index (χ0n) is 15.6. The summed E-state index contributed by atoms with van der Waals surface area (Å²) in [7, 11) is 0. The van der Waals surface area contributed by atoms with Crippen LogP contribution in [0.5, 0.6) is 0 Å². The van der Waals surface area contributed by atoms with Gasteiger partial charge in [0.25, 0.3) is 0 Å². The van der Waals surface area contributed by atoms with E-state index in [0.717, 1.165) is 19.3 Å². The van der Waals surface area contributed by atoms with E-state index in [-0.39, 0.29) is 30.9 Å². The quantitative estimate of drug-likeness (QED) is 0.331. The molecule has 0 bridgehead atoms. The van der Waals surface area contributed by atoms with E-state index in [4.69, 9.17) is 9.47 Å². The minimum absolute atomic E-state index is 0.0915. The van der Waals surface area contributed by atoms with Crippen LogP contribution in [0, 0.1) is 5.92 Å². The van der Waals surface area contributed by atoms with Crippen molar-refractivity contribution in [1.82, 2.24) is 0 Å². The molecule has 0 fully saturated rings. The molecule has 4 heteroatoms. The molecule has 136 valence electrons. The molecule has 23 heavy (non-hydrogen) atoms. The molecule has 0 rings (SSSR count). The molecule has 0 aromatic rings. The van der Waals surface area contributed by atoms with Gasteiger partial charge < -0.3 is 9.47 Å². The summed E-state index contributed by atoms with van der Waals surface area (Å²) in [6.07, 6.45) is 9.33. The van der Waals surface area contributed by atoms with Crippen molar-refractivity contribution in [3.8, 4) is 0 Å². The Labute approximate surface area is 142 Å². The number of hydrogen-bond donors (Lipinski definition) is 0. The Balaban J connectivity index is 3.50. The average molecular weight is 328 g/mol. The summed E-state index contributed by atoms with van der Waals surface area (Å²) in [5.74, 6) is -0.125. The van der Waals surface area contributed by atoms with Gasteiger partial charge in [-0.3, -0.25) is 9.59 Å². The van der Waals surface area contributed by atoms with E-state index in [0.29, 0.717) is 12.5 Å². The summed E-state index contributed by atoms with van der Waals surface area (Å²) in [4.78, 5) is 23.2. The lowest BCUT2D eigenvalue weighted by molar-refractivity contribution is -0.153. The minimum Gasteiger partial charge on any atom is -0.466 e. The molecular formula is C19H36O4. The van der Waals surface area contributed by atoms with Gasteiger partial charge in [-0.25, -0.2) is 0 Å². The molecule has 0 amide bonds. The highest BCUT2D eigenvalue weighted by atomic mass is 16.5. The van der Waals surface area contributed by atoms with Gasteiger partial charge >= 0.3 is 11.9 Å². The number of rotatable bonds is 14. The highest BCUT2D eigenvalue weighted by Crippen LogP contribution is 2.10. The van der Waals surface area contributed by atoms with Crippen molar-refractivity contribution in [2.75, 3.05) is 6.61 Å². The summed E-state index contributed by atoms with van der Waals surface area (Å²) in [6.45, 7) is 8.74. The second kappa shape index (κ2) is 14.5.